The van der Waals surface area contributed by atoms with Crippen LogP contribution in [0.3, 0.4) is 0 Å². The zero-order chi connectivity index (χ0) is 26.4. The minimum Gasteiger partial charge on any atom is -0.366 e. The molecule has 0 bridgehead atoms. The SMILES string of the molecule is C[C@@H](c1ccc(N2CCC3(CCCCN3)C2=O)cc1C(N)=O)c1cc(-c2cnn(C)c2)nc2ccccc12. The number of para-hydroxylation sites is 1. The van der Waals surface area contributed by atoms with Crippen molar-refractivity contribution in [2.24, 2.45) is 12.8 Å². The molecule has 2 aromatic heterocycles. The molecular weight excluding hydrogens is 476 g/mol. The van der Waals surface area contributed by atoms with Crippen molar-refractivity contribution in [3.63, 3.8) is 0 Å². The summed E-state index contributed by atoms with van der Waals surface area (Å²) < 4.78 is 1.76. The van der Waals surface area contributed by atoms with Crippen LogP contribution in [-0.2, 0) is 11.8 Å². The molecule has 2 atom stereocenters. The topological polar surface area (TPSA) is 106 Å². The number of primary amides is 1. The summed E-state index contributed by atoms with van der Waals surface area (Å²) in [6.07, 6.45) is 7.52. The Morgan fingerprint density at radius 3 is 2.68 bits per heavy atom. The number of aryl methyl sites for hydroxylation is 1. The first-order valence-corrected chi connectivity index (χ1v) is 13.3. The van der Waals surface area contributed by atoms with Crippen LogP contribution >= 0.6 is 0 Å². The summed E-state index contributed by atoms with van der Waals surface area (Å²) in [6.45, 7) is 3.57. The van der Waals surface area contributed by atoms with Crippen molar-refractivity contribution in [2.75, 3.05) is 18.0 Å². The summed E-state index contributed by atoms with van der Waals surface area (Å²) in [6, 6.07) is 15.8. The standard InChI is InChI=1S/C30H32N6O2/c1-19(24-16-27(20-17-33-35(2)18-20)34-26-8-4-3-7-23(24)26)22-10-9-21(15-25(22)28(31)37)36-14-12-30(29(36)38)11-5-6-13-32-30/h3-4,7-10,15-19,32H,5-6,11-14H2,1-2H3,(H2,31,37)/t19-,30?/m0/s1. The third kappa shape index (κ3) is 4.05. The second kappa shape index (κ2) is 9.36. The maximum Gasteiger partial charge on any atom is 0.249 e. The number of nitrogens with one attached hydrogen (secondary N) is 1. The van der Waals surface area contributed by atoms with Crippen LogP contribution in [-0.4, -0.2) is 45.2 Å². The van der Waals surface area contributed by atoms with Gasteiger partial charge in [0.1, 0.15) is 5.54 Å². The molecule has 8 heteroatoms. The van der Waals surface area contributed by atoms with E-state index in [9.17, 15) is 9.59 Å². The van der Waals surface area contributed by atoms with Crippen molar-refractivity contribution in [1.29, 1.82) is 0 Å². The lowest BCUT2D eigenvalue weighted by Crippen LogP contribution is -2.54. The summed E-state index contributed by atoms with van der Waals surface area (Å²) in [5, 5.41) is 8.80. The summed E-state index contributed by atoms with van der Waals surface area (Å²) in [5.74, 6) is -0.554. The van der Waals surface area contributed by atoms with Crippen molar-refractivity contribution in [3.05, 3.63) is 77.6 Å². The Morgan fingerprint density at radius 1 is 1.11 bits per heavy atom. The number of nitrogens with zero attached hydrogens (tertiary/aromatic N) is 4. The van der Waals surface area contributed by atoms with Gasteiger partial charge < -0.3 is 16.0 Å². The number of hydrogen-bond acceptors (Lipinski definition) is 5. The Bertz CT molecular complexity index is 1550. The number of fused-ring (bicyclic) bond motifs is 1. The maximum atomic E-state index is 13.5. The minimum absolute atomic E-state index is 0.0923. The Hall–Kier alpha value is -4.04. The van der Waals surface area contributed by atoms with Crippen LogP contribution in [0.25, 0.3) is 22.2 Å². The number of hydrogen-bond donors (Lipinski definition) is 2. The van der Waals surface area contributed by atoms with E-state index in [2.05, 4.69) is 29.5 Å². The van der Waals surface area contributed by atoms with Gasteiger partial charge in [0.15, 0.2) is 0 Å². The molecule has 2 aromatic carbocycles. The van der Waals surface area contributed by atoms with Crippen LogP contribution in [0.15, 0.2) is 60.9 Å². The van der Waals surface area contributed by atoms with E-state index in [4.69, 9.17) is 10.7 Å². The molecule has 3 N–H and O–H groups in total. The van der Waals surface area contributed by atoms with E-state index in [1.807, 2.05) is 48.5 Å². The molecule has 8 nitrogen and oxygen atoms in total. The molecule has 0 aliphatic carbocycles. The Balaban J connectivity index is 1.41. The van der Waals surface area contributed by atoms with Gasteiger partial charge in [-0.15, -0.1) is 0 Å². The second-order valence-electron chi connectivity index (χ2n) is 10.5. The fourth-order valence-electron chi connectivity index (χ4n) is 6.11. The summed E-state index contributed by atoms with van der Waals surface area (Å²) >= 11 is 0. The highest BCUT2D eigenvalue weighted by molar-refractivity contribution is 6.04. The van der Waals surface area contributed by atoms with Crippen molar-refractivity contribution < 1.29 is 9.59 Å². The molecule has 2 aliphatic heterocycles. The highest BCUT2D eigenvalue weighted by Gasteiger charge is 2.47. The first-order chi connectivity index (χ1) is 18.4. The van der Waals surface area contributed by atoms with Crippen LogP contribution in [0.2, 0.25) is 0 Å². The van der Waals surface area contributed by atoms with E-state index in [-0.39, 0.29) is 11.8 Å². The fourth-order valence-corrected chi connectivity index (χ4v) is 6.11. The second-order valence-corrected chi connectivity index (χ2v) is 10.5. The number of piperidine rings is 1. The average molecular weight is 509 g/mol. The van der Waals surface area contributed by atoms with Gasteiger partial charge in [0.2, 0.25) is 11.8 Å². The fraction of sp³-hybridized carbons (Fsp3) is 0.333. The lowest BCUT2D eigenvalue weighted by molar-refractivity contribution is -0.123. The van der Waals surface area contributed by atoms with Crippen LogP contribution < -0.4 is 16.0 Å². The number of aromatic nitrogens is 3. The highest BCUT2D eigenvalue weighted by atomic mass is 16.2. The molecule has 4 heterocycles. The summed E-state index contributed by atoms with van der Waals surface area (Å²) in [7, 11) is 1.88. The predicted molar refractivity (Wildman–Crippen MR) is 148 cm³/mol. The van der Waals surface area contributed by atoms with Gasteiger partial charge in [0.05, 0.1) is 17.4 Å². The number of amides is 2. The molecule has 38 heavy (non-hydrogen) atoms. The Labute approximate surface area is 221 Å². The number of anilines is 1. The summed E-state index contributed by atoms with van der Waals surface area (Å²) in [5.41, 5.74) is 11.1. The smallest absolute Gasteiger partial charge is 0.249 e. The molecule has 1 spiro atoms. The lowest BCUT2D eigenvalue weighted by Gasteiger charge is -2.33. The van der Waals surface area contributed by atoms with Gasteiger partial charge in [0, 0.05) is 47.9 Å². The molecule has 6 rings (SSSR count). The number of rotatable bonds is 5. The minimum atomic E-state index is -0.503. The predicted octanol–water partition coefficient (Wildman–Crippen LogP) is 4.14. The van der Waals surface area contributed by atoms with Crippen LogP contribution in [0.5, 0.6) is 0 Å². The van der Waals surface area contributed by atoms with Crippen molar-refractivity contribution in [2.45, 2.75) is 44.1 Å². The van der Waals surface area contributed by atoms with Gasteiger partial charge in [0.25, 0.3) is 0 Å². The zero-order valence-corrected chi connectivity index (χ0v) is 21.8. The largest absolute Gasteiger partial charge is 0.366 e. The van der Waals surface area contributed by atoms with Crippen molar-refractivity contribution in [3.8, 4) is 11.3 Å². The number of carbonyl (C=O) groups is 2. The van der Waals surface area contributed by atoms with Crippen molar-refractivity contribution in [1.82, 2.24) is 20.1 Å². The molecular formula is C30H32N6O2. The molecule has 1 unspecified atom stereocenters. The molecule has 194 valence electrons. The maximum absolute atomic E-state index is 13.5. The van der Waals surface area contributed by atoms with Gasteiger partial charge in [-0.3, -0.25) is 14.3 Å². The zero-order valence-electron chi connectivity index (χ0n) is 21.8. The van der Waals surface area contributed by atoms with Crippen LogP contribution in [0.1, 0.15) is 60.0 Å². The van der Waals surface area contributed by atoms with E-state index in [0.29, 0.717) is 12.1 Å². The van der Waals surface area contributed by atoms with E-state index in [0.717, 1.165) is 71.2 Å². The molecule has 2 aliphatic rings. The van der Waals surface area contributed by atoms with E-state index >= 15 is 0 Å². The normalized spacial score (nSPS) is 20.4. The summed E-state index contributed by atoms with van der Waals surface area (Å²) in [4.78, 5) is 32.9. The third-order valence-corrected chi connectivity index (χ3v) is 8.21. The van der Waals surface area contributed by atoms with Gasteiger partial charge >= 0.3 is 0 Å². The number of nitrogens with two attached hydrogens (primary N) is 1. The Kier molecular flexibility index (Phi) is 5.99. The van der Waals surface area contributed by atoms with Crippen LogP contribution in [0, 0.1) is 0 Å². The third-order valence-electron chi connectivity index (χ3n) is 8.21. The number of benzene rings is 2. The average Bonchev–Trinajstić information content (AvgIpc) is 3.51. The van der Waals surface area contributed by atoms with Crippen LogP contribution in [0.4, 0.5) is 5.69 Å². The molecule has 2 amide bonds. The number of pyridine rings is 1. The van der Waals surface area contributed by atoms with E-state index in [1.165, 1.54) is 0 Å². The molecule has 0 radical (unpaired) electrons. The van der Waals surface area contributed by atoms with E-state index < -0.39 is 11.4 Å². The molecule has 0 saturated carbocycles. The molecule has 2 fully saturated rings. The quantitative estimate of drug-likeness (QED) is 0.422. The number of carbonyl (C=O) groups excluding carboxylic acids is 2. The lowest BCUT2D eigenvalue weighted by atomic mass is 9.86. The Morgan fingerprint density at radius 2 is 1.95 bits per heavy atom. The highest BCUT2D eigenvalue weighted by Crippen LogP contribution is 2.38. The van der Waals surface area contributed by atoms with Gasteiger partial charge in [-0.2, -0.15) is 5.10 Å². The van der Waals surface area contributed by atoms with E-state index in [1.54, 1.807) is 16.9 Å². The first kappa shape index (κ1) is 24.3. The van der Waals surface area contributed by atoms with Gasteiger partial charge in [-0.1, -0.05) is 31.2 Å². The monoisotopic (exact) mass is 508 g/mol. The van der Waals surface area contributed by atoms with Gasteiger partial charge in [-0.25, -0.2) is 4.98 Å². The molecule has 4 aromatic rings. The first-order valence-electron chi connectivity index (χ1n) is 13.3. The van der Waals surface area contributed by atoms with Crippen molar-refractivity contribution >= 4 is 28.4 Å². The van der Waals surface area contributed by atoms with Gasteiger partial charge in [-0.05, 0) is 67.6 Å². The molecule has 2 saturated heterocycles.